The molecule has 1 aromatic heterocycles. The number of carboxylic acids is 1. The van der Waals surface area contributed by atoms with Gasteiger partial charge in [-0.25, -0.2) is 9.78 Å². The normalized spacial score (nSPS) is 10.3. The van der Waals surface area contributed by atoms with Crippen molar-refractivity contribution in [2.45, 2.75) is 20.3 Å². The van der Waals surface area contributed by atoms with E-state index in [0.717, 1.165) is 23.4 Å². The Labute approximate surface area is 109 Å². The Bertz CT molecular complexity index is 578. The summed E-state index contributed by atoms with van der Waals surface area (Å²) >= 11 is 1.16. The van der Waals surface area contributed by atoms with Crippen LogP contribution in [0, 0.1) is 6.92 Å². The average Bonchev–Trinajstić information content (AvgIpc) is 2.71. The van der Waals surface area contributed by atoms with Crippen molar-refractivity contribution < 1.29 is 9.90 Å². The Morgan fingerprint density at radius 3 is 2.78 bits per heavy atom. The molecule has 2 N–H and O–H groups in total. The van der Waals surface area contributed by atoms with Crippen LogP contribution in [0.1, 0.15) is 27.9 Å². The second-order valence-electron chi connectivity index (χ2n) is 3.87. The van der Waals surface area contributed by atoms with E-state index in [4.69, 9.17) is 5.11 Å². The fourth-order valence-electron chi connectivity index (χ4n) is 1.71. The summed E-state index contributed by atoms with van der Waals surface area (Å²) in [5, 5.41) is 12.8. The zero-order valence-electron chi connectivity index (χ0n) is 10.2. The molecule has 0 bridgehead atoms. The summed E-state index contributed by atoms with van der Waals surface area (Å²) in [5.41, 5.74) is 2.71. The zero-order chi connectivity index (χ0) is 13.1. The number of hydrogen-bond donors (Lipinski definition) is 2. The van der Waals surface area contributed by atoms with Crippen LogP contribution in [0.3, 0.4) is 0 Å². The van der Waals surface area contributed by atoms with E-state index in [0.29, 0.717) is 10.8 Å². The maximum atomic E-state index is 11.0. The molecule has 0 fully saturated rings. The van der Waals surface area contributed by atoms with Gasteiger partial charge in [0.25, 0.3) is 0 Å². The molecule has 0 aliphatic heterocycles. The first kappa shape index (κ1) is 12.6. The predicted octanol–water partition coefficient (Wildman–Crippen LogP) is 3.46. The fourth-order valence-corrected chi connectivity index (χ4v) is 2.53. The number of hydrogen-bond acceptors (Lipinski definition) is 4. The third-order valence-corrected chi connectivity index (χ3v) is 3.69. The molecule has 18 heavy (non-hydrogen) atoms. The summed E-state index contributed by atoms with van der Waals surface area (Å²) in [7, 11) is 0. The van der Waals surface area contributed by atoms with Crippen LogP contribution < -0.4 is 5.32 Å². The lowest BCUT2D eigenvalue weighted by molar-refractivity contribution is 0.0701. The molecule has 0 amide bonds. The molecule has 0 saturated heterocycles. The molecule has 5 heteroatoms. The first-order valence-electron chi connectivity index (χ1n) is 5.67. The number of carboxylic acid groups (broad SMARTS) is 1. The highest BCUT2D eigenvalue weighted by atomic mass is 32.1. The van der Waals surface area contributed by atoms with Gasteiger partial charge < -0.3 is 10.4 Å². The van der Waals surface area contributed by atoms with Crippen LogP contribution in [0.15, 0.2) is 24.3 Å². The van der Waals surface area contributed by atoms with E-state index in [9.17, 15) is 4.79 Å². The fraction of sp³-hybridized carbons (Fsp3) is 0.231. The van der Waals surface area contributed by atoms with Crippen LogP contribution in [0.5, 0.6) is 0 Å². The number of nitrogens with zero attached hydrogens (tertiary/aromatic N) is 1. The van der Waals surface area contributed by atoms with Gasteiger partial charge in [-0.1, -0.05) is 36.5 Å². The molecule has 0 saturated carbocycles. The Kier molecular flexibility index (Phi) is 3.62. The molecule has 0 aliphatic carbocycles. The number of rotatable bonds is 4. The number of aryl methyl sites for hydroxylation is 2. The first-order chi connectivity index (χ1) is 8.61. The monoisotopic (exact) mass is 262 g/mol. The van der Waals surface area contributed by atoms with E-state index in [2.05, 4.69) is 17.2 Å². The highest BCUT2D eigenvalue weighted by molar-refractivity contribution is 7.17. The molecular weight excluding hydrogens is 248 g/mol. The van der Waals surface area contributed by atoms with Crippen molar-refractivity contribution in [2.75, 3.05) is 5.32 Å². The van der Waals surface area contributed by atoms with Crippen molar-refractivity contribution in [3.05, 3.63) is 40.4 Å². The molecule has 2 aromatic rings. The number of aromatic nitrogens is 1. The summed E-state index contributed by atoms with van der Waals surface area (Å²) in [4.78, 5) is 15.5. The smallest absolute Gasteiger partial charge is 0.347 e. The number of para-hydroxylation sites is 1. The average molecular weight is 262 g/mol. The van der Waals surface area contributed by atoms with E-state index in [1.807, 2.05) is 24.3 Å². The van der Waals surface area contributed by atoms with Gasteiger partial charge in [0.05, 0.1) is 5.69 Å². The lowest BCUT2D eigenvalue weighted by atomic mass is 10.1. The number of aromatic carboxylic acids is 1. The molecule has 94 valence electrons. The number of benzene rings is 1. The minimum Gasteiger partial charge on any atom is -0.477 e. The quantitative estimate of drug-likeness (QED) is 0.885. The predicted molar refractivity (Wildman–Crippen MR) is 72.9 cm³/mol. The summed E-state index contributed by atoms with van der Waals surface area (Å²) in [6, 6.07) is 7.94. The van der Waals surface area contributed by atoms with E-state index < -0.39 is 5.97 Å². The molecule has 0 radical (unpaired) electrons. The Hall–Kier alpha value is -1.88. The third-order valence-electron chi connectivity index (χ3n) is 2.63. The standard InChI is InChI=1S/C13H14N2O2S/c1-3-9-6-4-5-7-10(9)15-13-14-8(2)11(18-13)12(16)17/h4-7H,3H2,1-2H3,(H,14,15)(H,16,17). The molecule has 2 rings (SSSR count). The van der Waals surface area contributed by atoms with Crippen molar-refractivity contribution in [2.24, 2.45) is 0 Å². The van der Waals surface area contributed by atoms with Crippen LogP contribution in [0.2, 0.25) is 0 Å². The van der Waals surface area contributed by atoms with Crippen LogP contribution in [-0.4, -0.2) is 16.1 Å². The molecular formula is C13H14N2O2S. The van der Waals surface area contributed by atoms with Gasteiger partial charge in [0, 0.05) is 5.69 Å². The second kappa shape index (κ2) is 5.18. The lowest BCUT2D eigenvalue weighted by Gasteiger charge is -2.07. The van der Waals surface area contributed by atoms with E-state index in [1.54, 1.807) is 6.92 Å². The van der Waals surface area contributed by atoms with Crippen molar-refractivity contribution in [3.8, 4) is 0 Å². The summed E-state index contributed by atoms with van der Waals surface area (Å²) < 4.78 is 0. The molecule has 0 unspecified atom stereocenters. The highest BCUT2D eigenvalue weighted by Crippen LogP contribution is 2.27. The topological polar surface area (TPSA) is 62.2 Å². The van der Waals surface area contributed by atoms with Gasteiger partial charge in [0.1, 0.15) is 4.88 Å². The molecule has 4 nitrogen and oxygen atoms in total. The van der Waals surface area contributed by atoms with Gasteiger partial charge in [0.15, 0.2) is 5.13 Å². The Morgan fingerprint density at radius 2 is 2.17 bits per heavy atom. The Morgan fingerprint density at radius 1 is 1.44 bits per heavy atom. The largest absolute Gasteiger partial charge is 0.477 e. The third kappa shape index (κ3) is 2.51. The number of anilines is 2. The number of thiazole rings is 1. The van der Waals surface area contributed by atoms with Gasteiger partial charge in [-0.05, 0) is 25.0 Å². The summed E-state index contributed by atoms with van der Waals surface area (Å²) in [6.07, 6.45) is 0.916. The maximum Gasteiger partial charge on any atom is 0.347 e. The molecule has 0 aliphatic rings. The van der Waals surface area contributed by atoms with Crippen LogP contribution in [-0.2, 0) is 6.42 Å². The van der Waals surface area contributed by atoms with Gasteiger partial charge >= 0.3 is 5.97 Å². The lowest BCUT2D eigenvalue weighted by Crippen LogP contribution is -1.94. The second-order valence-corrected chi connectivity index (χ2v) is 4.87. The zero-order valence-corrected chi connectivity index (χ0v) is 11.0. The van der Waals surface area contributed by atoms with Crippen LogP contribution >= 0.6 is 11.3 Å². The van der Waals surface area contributed by atoms with Gasteiger partial charge in [-0.2, -0.15) is 0 Å². The Balaban J connectivity index is 2.29. The first-order valence-corrected chi connectivity index (χ1v) is 6.49. The molecule has 1 aromatic carbocycles. The van der Waals surface area contributed by atoms with Crippen LogP contribution in [0.25, 0.3) is 0 Å². The molecule has 0 spiro atoms. The summed E-state index contributed by atoms with van der Waals surface area (Å²) in [5.74, 6) is -0.929. The van der Waals surface area contributed by atoms with Crippen LogP contribution in [0.4, 0.5) is 10.8 Å². The minimum absolute atomic E-state index is 0.284. The van der Waals surface area contributed by atoms with Crippen molar-refractivity contribution in [3.63, 3.8) is 0 Å². The number of nitrogens with one attached hydrogen (secondary N) is 1. The molecule has 0 atom stereocenters. The van der Waals surface area contributed by atoms with E-state index >= 15 is 0 Å². The highest BCUT2D eigenvalue weighted by Gasteiger charge is 2.14. The van der Waals surface area contributed by atoms with E-state index in [-0.39, 0.29) is 4.88 Å². The van der Waals surface area contributed by atoms with Crippen molar-refractivity contribution in [1.29, 1.82) is 0 Å². The SMILES string of the molecule is CCc1ccccc1Nc1nc(C)c(C(=O)O)s1. The minimum atomic E-state index is -0.929. The summed E-state index contributed by atoms with van der Waals surface area (Å²) in [6.45, 7) is 3.78. The van der Waals surface area contributed by atoms with Crippen molar-refractivity contribution >= 4 is 28.1 Å². The van der Waals surface area contributed by atoms with Gasteiger partial charge in [0.2, 0.25) is 0 Å². The maximum absolute atomic E-state index is 11.0. The van der Waals surface area contributed by atoms with Gasteiger partial charge in [-0.3, -0.25) is 0 Å². The number of carbonyl (C=O) groups is 1. The van der Waals surface area contributed by atoms with E-state index in [1.165, 1.54) is 5.56 Å². The molecule has 1 heterocycles. The van der Waals surface area contributed by atoms with Crippen molar-refractivity contribution in [1.82, 2.24) is 4.98 Å². The van der Waals surface area contributed by atoms with Gasteiger partial charge in [-0.15, -0.1) is 0 Å².